The van der Waals surface area contributed by atoms with Gasteiger partial charge in [-0.25, -0.2) is 4.79 Å². The molecule has 1 fully saturated rings. The minimum Gasteiger partial charge on any atom is -0.444 e. The van der Waals surface area contributed by atoms with Crippen LogP contribution in [0.1, 0.15) is 55.5 Å². The van der Waals surface area contributed by atoms with Crippen molar-refractivity contribution in [1.82, 2.24) is 4.90 Å². The SMILES string of the molecule is CC(C)(C)OC(=O)N1CCC(c2ccc(C(N)=O)c(OC(F)(F)F)c2)CC1. The monoisotopic (exact) mass is 388 g/mol. The van der Waals surface area contributed by atoms with Gasteiger partial charge in [-0.05, 0) is 57.2 Å². The predicted molar refractivity (Wildman–Crippen MR) is 91.4 cm³/mol. The van der Waals surface area contributed by atoms with Gasteiger partial charge in [0.05, 0.1) is 5.56 Å². The largest absolute Gasteiger partial charge is 0.573 e. The van der Waals surface area contributed by atoms with Crippen LogP contribution in [0, 0.1) is 0 Å². The summed E-state index contributed by atoms with van der Waals surface area (Å²) in [7, 11) is 0. The van der Waals surface area contributed by atoms with Crippen LogP contribution in [0.15, 0.2) is 18.2 Å². The molecule has 1 aromatic carbocycles. The number of alkyl halides is 3. The van der Waals surface area contributed by atoms with E-state index in [0.717, 1.165) is 0 Å². The van der Waals surface area contributed by atoms with Crippen molar-refractivity contribution in [3.63, 3.8) is 0 Å². The third-order valence-corrected chi connectivity index (χ3v) is 4.11. The van der Waals surface area contributed by atoms with Gasteiger partial charge in [0.15, 0.2) is 0 Å². The maximum absolute atomic E-state index is 12.6. The molecule has 0 bridgehead atoms. The Hall–Kier alpha value is -2.45. The fourth-order valence-corrected chi connectivity index (χ4v) is 2.93. The molecule has 6 nitrogen and oxygen atoms in total. The Morgan fingerprint density at radius 3 is 2.22 bits per heavy atom. The smallest absolute Gasteiger partial charge is 0.444 e. The zero-order valence-corrected chi connectivity index (χ0v) is 15.4. The third-order valence-electron chi connectivity index (χ3n) is 4.11. The van der Waals surface area contributed by atoms with Gasteiger partial charge in [-0.1, -0.05) is 6.07 Å². The zero-order valence-electron chi connectivity index (χ0n) is 15.4. The molecule has 1 aliphatic heterocycles. The second-order valence-corrected chi connectivity index (χ2v) is 7.41. The van der Waals surface area contributed by atoms with Gasteiger partial charge in [-0.3, -0.25) is 4.79 Å². The number of amides is 2. The molecule has 0 radical (unpaired) electrons. The molecular formula is C18H23F3N2O4. The topological polar surface area (TPSA) is 81.9 Å². The van der Waals surface area contributed by atoms with Gasteiger partial charge in [-0.15, -0.1) is 13.2 Å². The number of halogens is 3. The van der Waals surface area contributed by atoms with E-state index in [9.17, 15) is 22.8 Å². The second kappa shape index (κ2) is 7.66. The second-order valence-electron chi connectivity index (χ2n) is 7.41. The molecule has 1 saturated heterocycles. The van der Waals surface area contributed by atoms with Crippen molar-refractivity contribution in [2.75, 3.05) is 13.1 Å². The molecule has 0 unspecified atom stereocenters. The van der Waals surface area contributed by atoms with Crippen LogP contribution in [-0.4, -0.2) is 42.0 Å². The number of piperidine rings is 1. The van der Waals surface area contributed by atoms with Crippen LogP contribution in [0.4, 0.5) is 18.0 Å². The van der Waals surface area contributed by atoms with Crippen molar-refractivity contribution >= 4 is 12.0 Å². The van der Waals surface area contributed by atoms with Gasteiger partial charge in [0.25, 0.3) is 5.91 Å². The molecule has 27 heavy (non-hydrogen) atoms. The van der Waals surface area contributed by atoms with E-state index >= 15 is 0 Å². The summed E-state index contributed by atoms with van der Waals surface area (Å²) >= 11 is 0. The number of nitrogens with two attached hydrogens (primary N) is 1. The van der Waals surface area contributed by atoms with Crippen molar-refractivity contribution in [2.45, 2.75) is 51.5 Å². The van der Waals surface area contributed by atoms with Crippen molar-refractivity contribution in [1.29, 1.82) is 0 Å². The van der Waals surface area contributed by atoms with Crippen molar-refractivity contribution in [3.8, 4) is 5.75 Å². The van der Waals surface area contributed by atoms with E-state index in [-0.39, 0.29) is 11.5 Å². The van der Waals surface area contributed by atoms with Crippen molar-refractivity contribution in [3.05, 3.63) is 29.3 Å². The Bertz CT molecular complexity index is 706. The summed E-state index contributed by atoms with van der Waals surface area (Å²) in [5.74, 6) is -1.68. The van der Waals surface area contributed by atoms with E-state index in [1.165, 1.54) is 12.1 Å². The molecule has 1 aromatic rings. The lowest BCUT2D eigenvalue weighted by Crippen LogP contribution is -2.41. The Morgan fingerprint density at radius 2 is 1.74 bits per heavy atom. The number of rotatable bonds is 3. The number of benzene rings is 1. The summed E-state index contributed by atoms with van der Waals surface area (Å²) in [5, 5.41) is 0. The Morgan fingerprint density at radius 1 is 1.15 bits per heavy atom. The molecule has 0 aliphatic carbocycles. The average Bonchev–Trinajstić information content (AvgIpc) is 2.51. The fraction of sp³-hybridized carbons (Fsp3) is 0.556. The molecule has 1 heterocycles. The van der Waals surface area contributed by atoms with Crippen LogP contribution in [-0.2, 0) is 4.74 Å². The quantitative estimate of drug-likeness (QED) is 0.854. The van der Waals surface area contributed by atoms with Crippen LogP contribution in [0.2, 0.25) is 0 Å². The van der Waals surface area contributed by atoms with Crippen LogP contribution in [0.3, 0.4) is 0 Å². The summed E-state index contributed by atoms with van der Waals surface area (Å²) in [5.41, 5.74) is 4.79. The summed E-state index contributed by atoms with van der Waals surface area (Å²) in [4.78, 5) is 25.0. The first kappa shape index (κ1) is 20.9. The number of carbonyl (C=O) groups excluding carboxylic acids is 2. The first-order valence-corrected chi connectivity index (χ1v) is 8.53. The van der Waals surface area contributed by atoms with E-state index in [0.29, 0.717) is 31.5 Å². The van der Waals surface area contributed by atoms with Crippen LogP contribution in [0.25, 0.3) is 0 Å². The van der Waals surface area contributed by atoms with E-state index in [4.69, 9.17) is 10.5 Å². The van der Waals surface area contributed by atoms with E-state index in [1.54, 1.807) is 31.7 Å². The highest BCUT2D eigenvalue weighted by molar-refractivity contribution is 5.95. The Kier molecular flexibility index (Phi) is 5.91. The van der Waals surface area contributed by atoms with Crippen molar-refractivity contribution in [2.24, 2.45) is 5.73 Å². The molecule has 150 valence electrons. The first-order chi connectivity index (χ1) is 12.4. The van der Waals surface area contributed by atoms with Gasteiger partial charge in [0.2, 0.25) is 0 Å². The number of likely N-dealkylation sites (tertiary alicyclic amines) is 1. The molecule has 2 rings (SSSR count). The van der Waals surface area contributed by atoms with Gasteiger partial charge < -0.3 is 20.1 Å². The summed E-state index contributed by atoms with van der Waals surface area (Å²) in [6.07, 6.45) is -4.23. The molecule has 0 spiro atoms. The molecular weight excluding hydrogens is 365 g/mol. The Labute approximate surface area is 155 Å². The number of hydrogen-bond donors (Lipinski definition) is 1. The van der Waals surface area contributed by atoms with Crippen LogP contribution < -0.4 is 10.5 Å². The Balaban J connectivity index is 2.10. The molecule has 9 heteroatoms. The third kappa shape index (κ3) is 6.04. The van der Waals surface area contributed by atoms with Crippen LogP contribution in [0.5, 0.6) is 5.75 Å². The number of ether oxygens (including phenoxy) is 2. The predicted octanol–water partition coefficient (Wildman–Crippen LogP) is 3.80. The number of nitrogens with zero attached hydrogens (tertiary/aromatic N) is 1. The lowest BCUT2D eigenvalue weighted by Gasteiger charge is -2.33. The highest BCUT2D eigenvalue weighted by atomic mass is 19.4. The van der Waals surface area contributed by atoms with Gasteiger partial charge in [0.1, 0.15) is 11.4 Å². The number of primary amides is 1. The highest BCUT2D eigenvalue weighted by Crippen LogP contribution is 2.34. The number of hydrogen-bond acceptors (Lipinski definition) is 4. The zero-order chi connectivity index (χ0) is 20.4. The molecule has 2 N–H and O–H groups in total. The van der Waals surface area contributed by atoms with Gasteiger partial charge in [0, 0.05) is 13.1 Å². The lowest BCUT2D eigenvalue weighted by molar-refractivity contribution is -0.274. The highest BCUT2D eigenvalue weighted by Gasteiger charge is 2.34. The number of carbonyl (C=O) groups is 2. The van der Waals surface area contributed by atoms with Gasteiger partial charge >= 0.3 is 12.5 Å². The van der Waals surface area contributed by atoms with Crippen molar-refractivity contribution < 1.29 is 32.2 Å². The lowest BCUT2D eigenvalue weighted by atomic mass is 9.89. The fourth-order valence-electron chi connectivity index (χ4n) is 2.93. The minimum atomic E-state index is -4.93. The molecule has 0 aromatic heterocycles. The maximum Gasteiger partial charge on any atom is 0.573 e. The van der Waals surface area contributed by atoms with E-state index in [1.807, 2.05) is 0 Å². The average molecular weight is 388 g/mol. The normalized spacial score (nSPS) is 16.1. The standard InChI is InChI=1S/C18H23F3N2O4/c1-17(2,3)27-16(25)23-8-6-11(7-9-23)12-4-5-13(15(22)24)14(10-12)26-18(19,20)21/h4-5,10-11H,6-9H2,1-3H3,(H2,22,24). The summed E-state index contributed by atoms with van der Waals surface area (Å²) in [6, 6.07) is 4.00. The van der Waals surface area contributed by atoms with Gasteiger partial charge in [-0.2, -0.15) is 0 Å². The molecule has 0 saturated carbocycles. The maximum atomic E-state index is 12.6. The van der Waals surface area contributed by atoms with E-state index in [2.05, 4.69) is 4.74 Å². The summed E-state index contributed by atoms with van der Waals surface area (Å²) < 4.78 is 47.1. The first-order valence-electron chi connectivity index (χ1n) is 8.53. The van der Waals surface area contributed by atoms with E-state index < -0.39 is 29.7 Å². The minimum absolute atomic E-state index is 0.0683. The summed E-state index contributed by atoms with van der Waals surface area (Å²) in [6.45, 7) is 6.18. The molecule has 0 atom stereocenters. The molecule has 1 aliphatic rings. The molecule has 2 amide bonds. The van der Waals surface area contributed by atoms with Crippen LogP contribution >= 0.6 is 0 Å².